The highest BCUT2D eigenvalue weighted by atomic mass is 16.5. The zero-order valence-corrected chi connectivity index (χ0v) is 15.0. The van der Waals surface area contributed by atoms with Gasteiger partial charge in [-0.1, -0.05) is 37.5 Å². The van der Waals surface area contributed by atoms with Crippen LogP contribution >= 0.6 is 0 Å². The Balaban J connectivity index is 1.63. The summed E-state index contributed by atoms with van der Waals surface area (Å²) in [5.74, 6) is 0.518. The van der Waals surface area contributed by atoms with Gasteiger partial charge in [-0.05, 0) is 24.3 Å². The Morgan fingerprint density at radius 3 is 2.62 bits per heavy atom. The van der Waals surface area contributed by atoms with Gasteiger partial charge in [-0.3, -0.25) is 4.79 Å². The molecule has 2 fully saturated rings. The Bertz CT molecular complexity index is 591. The van der Waals surface area contributed by atoms with Gasteiger partial charge < -0.3 is 14.3 Å². The first-order chi connectivity index (χ1) is 11.4. The molecule has 1 saturated heterocycles. The number of esters is 1. The summed E-state index contributed by atoms with van der Waals surface area (Å²) >= 11 is 0. The number of hydrogen-bond acceptors (Lipinski definition) is 3. The molecule has 0 bridgehead atoms. The van der Waals surface area contributed by atoms with E-state index in [-0.39, 0.29) is 18.5 Å². The molecule has 1 unspecified atom stereocenters. The average Bonchev–Trinajstić information content (AvgIpc) is 2.89. The number of aromatic hydroxyl groups is 1. The van der Waals surface area contributed by atoms with Gasteiger partial charge in [0.1, 0.15) is 12.3 Å². The van der Waals surface area contributed by atoms with Crippen LogP contribution in [0, 0.1) is 0 Å². The van der Waals surface area contributed by atoms with Gasteiger partial charge in [0.05, 0.1) is 27.1 Å². The standard InChI is InChI=1S/C20H29NO3/c1-21(2)12-11-17(14-21)24-19(22)13-16-9-6-10-18(20(16)23)15-7-4-3-5-8-15/h6,9-10,15,17H,3-5,7-8,11-14H2,1-2H3/p+1. The molecule has 24 heavy (non-hydrogen) atoms. The van der Waals surface area contributed by atoms with E-state index in [4.69, 9.17) is 4.74 Å². The van der Waals surface area contributed by atoms with Gasteiger partial charge >= 0.3 is 5.97 Å². The number of phenolic OH excluding ortho intramolecular Hbond substituents is 1. The van der Waals surface area contributed by atoms with Crippen LogP contribution in [0.25, 0.3) is 0 Å². The summed E-state index contributed by atoms with van der Waals surface area (Å²) in [5, 5.41) is 10.6. The highest BCUT2D eigenvalue weighted by Crippen LogP contribution is 2.38. The number of benzene rings is 1. The number of hydrogen-bond donors (Lipinski definition) is 1. The van der Waals surface area contributed by atoms with Crippen molar-refractivity contribution in [3.8, 4) is 5.75 Å². The fourth-order valence-corrected chi connectivity index (χ4v) is 4.20. The average molecular weight is 332 g/mol. The minimum absolute atomic E-state index is 0.0103. The van der Waals surface area contributed by atoms with Crippen molar-refractivity contribution in [1.29, 1.82) is 0 Å². The van der Waals surface area contributed by atoms with Crippen LogP contribution in [0.3, 0.4) is 0 Å². The molecule has 132 valence electrons. The van der Waals surface area contributed by atoms with Crippen LogP contribution in [0.2, 0.25) is 0 Å². The normalized spacial score (nSPS) is 24.0. The molecule has 1 aliphatic heterocycles. The molecule has 0 aromatic heterocycles. The predicted molar refractivity (Wildman–Crippen MR) is 94.0 cm³/mol. The van der Waals surface area contributed by atoms with Crippen LogP contribution in [0.1, 0.15) is 55.6 Å². The van der Waals surface area contributed by atoms with E-state index >= 15 is 0 Å². The summed E-state index contributed by atoms with van der Waals surface area (Å²) in [5.41, 5.74) is 1.72. The number of carbonyl (C=O) groups is 1. The summed E-state index contributed by atoms with van der Waals surface area (Å²) in [6, 6.07) is 5.82. The maximum Gasteiger partial charge on any atom is 0.310 e. The minimum Gasteiger partial charge on any atom is -0.507 e. The van der Waals surface area contributed by atoms with E-state index in [0.29, 0.717) is 17.2 Å². The van der Waals surface area contributed by atoms with E-state index in [1.165, 1.54) is 19.3 Å². The molecule has 3 rings (SSSR count). The number of likely N-dealkylation sites (N-methyl/N-ethyl adjacent to an activating group) is 1. The molecule has 1 aromatic rings. The largest absolute Gasteiger partial charge is 0.507 e. The van der Waals surface area contributed by atoms with Crippen LogP contribution < -0.4 is 0 Å². The molecule has 4 nitrogen and oxygen atoms in total. The molecule has 1 heterocycles. The Kier molecular flexibility index (Phi) is 5.14. The Morgan fingerprint density at radius 2 is 1.96 bits per heavy atom. The van der Waals surface area contributed by atoms with E-state index in [2.05, 4.69) is 14.1 Å². The number of phenols is 1. The van der Waals surface area contributed by atoms with Crippen molar-refractivity contribution < 1.29 is 19.1 Å². The van der Waals surface area contributed by atoms with Gasteiger partial charge in [0.15, 0.2) is 6.10 Å². The molecule has 4 heteroatoms. The molecule has 1 aromatic carbocycles. The van der Waals surface area contributed by atoms with E-state index in [1.54, 1.807) is 0 Å². The smallest absolute Gasteiger partial charge is 0.310 e. The van der Waals surface area contributed by atoms with Gasteiger partial charge in [0.25, 0.3) is 0 Å². The summed E-state index contributed by atoms with van der Waals surface area (Å²) in [4.78, 5) is 12.3. The molecule has 1 aliphatic carbocycles. The summed E-state index contributed by atoms with van der Waals surface area (Å²) in [7, 11) is 4.32. The van der Waals surface area contributed by atoms with Crippen LogP contribution in [-0.2, 0) is 16.0 Å². The lowest BCUT2D eigenvalue weighted by atomic mass is 9.83. The van der Waals surface area contributed by atoms with E-state index in [0.717, 1.165) is 42.4 Å². The lowest BCUT2D eigenvalue weighted by Gasteiger charge is -2.24. The van der Waals surface area contributed by atoms with Gasteiger partial charge in [0, 0.05) is 12.0 Å². The van der Waals surface area contributed by atoms with Crippen molar-refractivity contribution in [2.45, 2.75) is 57.0 Å². The summed E-state index contributed by atoms with van der Waals surface area (Å²) in [6.45, 7) is 1.92. The maximum absolute atomic E-state index is 12.3. The monoisotopic (exact) mass is 332 g/mol. The molecule has 1 atom stereocenters. The predicted octanol–water partition coefficient (Wildman–Crippen LogP) is 3.37. The Hall–Kier alpha value is -1.55. The third kappa shape index (κ3) is 4.10. The quantitative estimate of drug-likeness (QED) is 0.679. The SMILES string of the molecule is C[N+]1(C)CCC(OC(=O)Cc2cccc(C3CCCCC3)c2O)C1. The minimum atomic E-state index is -0.224. The number of ether oxygens (including phenoxy) is 1. The molecule has 1 N–H and O–H groups in total. The van der Waals surface area contributed by atoms with Crippen molar-refractivity contribution in [3.63, 3.8) is 0 Å². The zero-order valence-electron chi connectivity index (χ0n) is 15.0. The molecular formula is C20H30NO3+. The van der Waals surface area contributed by atoms with Crippen LogP contribution in [0.15, 0.2) is 18.2 Å². The molecular weight excluding hydrogens is 302 g/mol. The number of likely N-dealkylation sites (tertiary alicyclic amines) is 1. The second-order valence-electron chi connectivity index (χ2n) is 8.11. The van der Waals surface area contributed by atoms with Gasteiger partial charge in [-0.15, -0.1) is 0 Å². The fourth-order valence-electron chi connectivity index (χ4n) is 4.20. The van der Waals surface area contributed by atoms with Crippen molar-refractivity contribution >= 4 is 5.97 Å². The van der Waals surface area contributed by atoms with Gasteiger partial charge in [-0.25, -0.2) is 0 Å². The number of carbonyl (C=O) groups excluding carboxylic acids is 1. The maximum atomic E-state index is 12.3. The summed E-state index contributed by atoms with van der Waals surface area (Å²) < 4.78 is 6.53. The first-order valence-electron chi connectivity index (χ1n) is 9.27. The van der Waals surface area contributed by atoms with Crippen LogP contribution in [0.5, 0.6) is 5.75 Å². The first-order valence-corrected chi connectivity index (χ1v) is 9.27. The number of quaternary nitrogens is 1. The second-order valence-corrected chi connectivity index (χ2v) is 8.11. The fraction of sp³-hybridized carbons (Fsp3) is 0.650. The molecule has 0 radical (unpaired) electrons. The summed E-state index contributed by atoms with van der Waals surface area (Å²) in [6.07, 6.45) is 7.12. The van der Waals surface area contributed by atoms with Crippen LogP contribution in [-0.4, -0.2) is 48.8 Å². The number of nitrogens with zero attached hydrogens (tertiary/aromatic N) is 1. The van der Waals surface area contributed by atoms with Crippen molar-refractivity contribution in [2.24, 2.45) is 0 Å². The van der Waals surface area contributed by atoms with E-state index in [9.17, 15) is 9.90 Å². The van der Waals surface area contributed by atoms with Crippen LogP contribution in [0.4, 0.5) is 0 Å². The lowest BCUT2D eigenvalue weighted by Crippen LogP contribution is -2.38. The zero-order chi connectivity index (χ0) is 17.2. The highest BCUT2D eigenvalue weighted by Gasteiger charge is 2.33. The topological polar surface area (TPSA) is 46.5 Å². The second kappa shape index (κ2) is 7.14. The molecule has 0 amide bonds. The van der Waals surface area contributed by atoms with Crippen molar-refractivity contribution in [3.05, 3.63) is 29.3 Å². The van der Waals surface area contributed by atoms with E-state index in [1.807, 2.05) is 18.2 Å². The Labute approximate surface area is 145 Å². The highest BCUT2D eigenvalue weighted by molar-refractivity contribution is 5.74. The molecule has 2 aliphatic rings. The molecule has 0 spiro atoms. The number of rotatable bonds is 4. The van der Waals surface area contributed by atoms with E-state index < -0.39 is 0 Å². The van der Waals surface area contributed by atoms with Gasteiger partial charge in [0.2, 0.25) is 0 Å². The first kappa shape index (κ1) is 17.3. The molecule has 1 saturated carbocycles. The third-order valence-corrected chi connectivity index (χ3v) is 5.58. The van der Waals surface area contributed by atoms with Crippen molar-refractivity contribution in [1.82, 2.24) is 0 Å². The van der Waals surface area contributed by atoms with Gasteiger partial charge in [-0.2, -0.15) is 0 Å². The third-order valence-electron chi connectivity index (χ3n) is 5.58. The lowest BCUT2D eigenvalue weighted by molar-refractivity contribution is -0.879. The Morgan fingerprint density at radius 1 is 1.21 bits per heavy atom. The van der Waals surface area contributed by atoms with Crippen molar-refractivity contribution in [2.75, 3.05) is 27.2 Å². The number of para-hydroxylation sites is 1.